The van der Waals surface area contributed by atoms with Gasteiger partial charge in [0.05, 0.1) is 12.0 Å². The lowest BCUT2D eigenvalue weighted by atomic mass is 10.1. The number of aryl methyl sites for hydroxylation is 1. The molecule has 0 spiro atoms. The van der Waals surface area contributed by atoms with E-state index >= 15 is 0 Å². The van der Waals surface area contributed by atoms with E-state index in [2.05, 4.69) is 5.32 Å². The van der Waals surface area contributed by atoms with E-state index in [1.54, 1.807) is 31.4 Å². The fraction of sp³-hybridized carbons (Fsp3) is 0.286. The van der Waals surface area contributed by atoms with Crippen LogP contribution in [0.4, 0.5) is 5.69 Å². The van der Waals surface area contributed by atoms with Crippen molar-refractivity contribution in [3.8, 4) is 5.75 Å². The molecule has 0 radical (unpaired) electrons. The Morgan fingerprint density at radius 3 is 2.61 bits per heavy atom. The Balaban J connectivity index is 1.74. The van der Waals surface area contributed by atoms with E-state index in [4.69, 9.17) is 4.74 Å². The zero-order valence-electron chi connectivity index (χ0n) is 16.0. The molecule has 1 heterocycles. The zero-order valence-corrected chi connectivity index (χ0v) is 16.8. The van der Waals surface area contributed by atoms with Crippen LogP contribution < -0.4 is 10.1 Å². The molecule has 6 nitrogen and oxygen atoms in total. The molecular formula is C21H24N2O4S. The fourth-order valence-electron chi connectivity index (χ4n) is 3.15. The Morgan fingerprint density at radius 1 is 1.14 bits per heavy atom. The van der Waals surface area contributed by atoms with Crippen molar-refractivity contribution < 1.29 is 17.9 Å². The average molecular weight is 401 g/mol. The summed E-state index contributed by atoms with van der Waals surface area (Å²) >= 11 is 0. The SMILES string of the molecule is COc1ccc(C)cc1/C=C/C(=O)Nc1cccc(S(=O)(=O)N2CCCC2)c1. The summed E-state index contributed by atoms with van der Waals surface area (Å²) in [6.45, 7) is 3.04. The van der Waals surface area contributed by atoms with Crippen molar-refractivity contribution in [2.75, 3.05) is 25.5 Å². The average Bonchev–Trinajstić information content (AvgIpc) is 3.22. The smallest absolute Gasteiger partial charge is 0.248 e. The fourth-order valence-corrected chi connectivity index (χ4v) is 4.71. The molecular weight excluding hydrogens is 376 g/mol. The monoisotopic (exact) mass is 400 g/mol. The minimum Gasteiger partial charge on any atom is -0.496 e. The second kappa shape index (κ2) is 8.58. The van der Waals surface area contributed by atoms with E-state index < -0.39 is 10.0 Å². The first kappa shape index (κ1) is 20.1. The number of benzene rings is 2. The number of amides is 1. The second-order valence-electron chi connectivity index (χ2n) is 6.71. The number of methoxy groups -OCH3 is 1. The standard InChI is InChI=1S/C21H24N2O4S/c1-16-8-10-20(27-2)17(14-16)9-11-21(24)22-18-6-5-7-19(15-18)28(25,26)23-12-3-4-13-23/h5-11,14-15H,3-4,12-13H2,1-2H3,(H,22,24)/b11-9+. The molecule has 1 N–H and O–H groups in total. The molecule has 2 aromatic carbocycles. The van der Waals surface area contributed by atoms with Gasteiger partial charge in [0, 0.05) is 30.4 Å². The van der Waals surface area contributed by atoms with Crippen LogP contribution in [0.15, 0.2) is 53.4 Å². The van der Waals surface area contributed by atoms with Crippen molar-refractivity contribution in [2.45, 2.75) is 24.7 Å². The van der Waals surface area contributed by atoms with Crippen molar-refractivity contribution in [3.63, 3.8) is 0 Å². The lowest BCUT2D eigenvalue weighted by molar-refractivity contribution is -0.111. The molecule has 1 aliphatic heterocycles. The maximum atomic E-state index is 12.7. The summed E-state index contributed by atoms with van der Waals surface area (Å²) in [7, 11) is -1.94. The van der Waals surface area contributed by atoms with Gasteiger partial charge in [-0.2, -0.15) is 4.31 Å². The first-order valence-electron chi connectivity index (χ1n) is 9.14. The van der Waals surface area contributed by atoms with Crippen molar-refractivity contribution in [2.24, 2.45) is 0 Å². The molecule has 2 aromatic rings. The second-order valence-corrected chi connectivity index (χ2v) is 8.64. The molecule has 0 aliphatic carbocycles. The molecule has 0 saturated carbocycles. The van der Waals surface area contributed by atoms with Crippen molar-refractivity contribution >= 4 is 27.7 Å². The third kappa shape index (κ3) is 4.61. The Morgan fingerprint density at radius 2 is 1.89 bits per heavy atom. The number of ether oxygens (including phenoxy) is 1. The third-order valence-corrected chi connectivity index (χ3v) is 6.50. The molecule has 3 rings (SSSR count). The topological polar surface area (TPSA) is 75.7 Å². The van der Waals surface area contributed by atoms with Crippen LogP contribution in [0.2, 0.25) is 0 Å². The molecule has 0 unspecified atom stereocenters. The van der Waals surface area contributed by atoms with E-state index in [1.165, 1.54) is 16.4 Å². The Hall–Kier alpha value is -2.64. The van der Waals surface area contributed by atoms with E-state index in [1.807, 2.05) is 25.1 Å². The first-order chi connectivity index (χ1) is 13.4. The van der Waals surface area contributed by atoms with Crippen molar-refractivity contribution in [1.82, 2.24) is 4.31 Å². The molecule has 0 aromatic heterocycles. The van der Waals surface area contributed by atoms with Gasteiger partial charge < -0.3 is 10.1 Å². The van der Waals surface area contributed by atoms with Gasteiger partial charge in [-0.15, -0.1) is 0 Å². The van der Waals surface area contributed by atoms with E-state index in [0.29, 0.717) is 24.5 Å². The number of carbonyl (C=O) groups is 1. The summed E-state index contributed by atoms with van der Waals surface area (Å²) in [6, 6.07) is 12.0. The summed E-state index contributed by atoms with van der Waals surface area (Å²) in [5.41, 5.74) is 2.29. The highest BCUT2D eigenvalue weighted by molar-refractivity contribution is 7.89. The largest absolute Gasteiger partial charge is 0.496 e. The summed E-state index contributed by atoms with van der Waals surface area (Å²) < 4.78 is 32.1. The van der Waals surface area contributed by atoms with Gasteiger partial charge in [0.25, 0.3) is 0 Å². The van der Waals surface area contributed by atoms with Gasteiger partial charge in [0.1, 0.15) is 5.75 Å². The molecule has 1 saturated heterocycles. The van der Waals surface area contributed by atoms with Gasteiger partial charge in [-0.25, -0.2) is 8.42 Å². The summed E-state index contributed by atoms with van der Waals surface area (Å²) in [6.07, 6.45) is 4.83. The quantitative estimate of drug-likeness (QED) is 0.754. The Kier molecular flexibility index (Phi) is 6.16. The van der Waals surface area contributed by atoms with Gasteiger partial charge >= 0.3 is 0 Å². The number of carbonyl (C=O) groups excluding carboxylic acids is 1. The van der Waals surface area contributed by atoms with Gasteiger partial charge in [-0.3, -0.25) is 4.79 Å². The van der Waals surface area contributed by atoms with Gasteiger partial charge in [0.2, 0.25) is 15.9 Å². The van der Waals surface area contributed by atoms with Crippen LogP contribution in [0, 0.1) is 6.92 Å². The molecule has 7 heteroatoms. The number of hydrogen-bond acceptors (Lipinski definition) is 4. The van der Waals surface area contributed by atoms with Crippen LogP contribution in [0.25, 0.3) is 6.08 Å². The summed E-state index contributed by atoms with van der Waals surface area (Å²) in [4.78, 5) is 12.5. The van der Waals surface area contributed by atoms with Crippen LogP contribution in [0.1, 0.15) is 24.0 Å². The number of rotatable bonds is 6. The number of hydrogen-bond donors (Lipinski definition) is 1. The van der Waals surface area contributed by atoms with Crippen LogP contribution in [0.5, 0.6) is 5.75 Å². The number of nitrogens with one attached hydrogen (secondary N) is 1. The Bertz CT molecular complexity index is 993. The van der Waals surface area contributed by atoms with Crippen LogP contribution in [-0.2, 0) is 14.8 Å². The van der Waals surface area contributed by atoms with Crippen LogP contribution in [-0.4, -0.2) is 38.8 Å². The normalized spacial score (nSPS) is 15.1. The van der Waals surface area contributed by atoms with Gasteiger partial charge in [-0.05, 0) is 56.2 Å². The minimum absolute atomic E-state index is 0.191. The highest BCUT2D eigenvalue weighted by atomic mass is 32.2. The van der Waals surface area contributed by atoms with Crippen molar-refractivity contribution in [3.05, 3.63) is 59.7 Å². The number of anilines is 1. The summed E-state index contributed by atoms with van der Waals surface area (Å²) in [5, 5.41) is 2.72. The lowest BCUT2D eigenvalue weighted by Crippen LogP contribution is -2.27. The number of nitrogens with zero attached hydrogens (tertiary/aromatic N) is 1. The predicted molar refractivity (Wildman–Crippen MR) is 110 cm³/mol. The highest BCUT2D eigenvalue weighted by Crippen LogP contribution is 2.24. The minimum atomic E-state index is -3.52. The van der Waals surface area contributed by atoms with Crippen molar-refractivity contribution in [1.29, 1.82) is 0 Å². The zero-order chi connectivity index (χ0) is 20.1. The number of sulfonamides is 1. The maximum Gasteiger partial charge on any atom is 0.248 e. The maximum absolute atomic E-state index is 12.7. The van der Waals surface area contributed by atoms with E-state index in [9.17, 15) is 13.2 Å². The highest BCUT2D eigenvalue weighted by Gasteiger charge is 2.27. The van der Waals surface area contributed by atoms with Gasteiger partial charge in [0.15, 0.2) is 0 Å². The third-order valence-electron chi connectivity index (χ3n) is 4.60. The lowest BCUT2D eigenvalue weighted by Gasteiger charge is -2.16. The first-order valence-corrected chi connectivity index (χ1v) is 10.6. The molecule has 1 aliphatic rings. The van der Waals surface area contributed by atoms with Crippen LogP contribution >= 0.6 is 0 Å². The molecule has 0 bridgehead atoms. The van der Waals surface area contributed by atoms with Crippen LogP contribution in [0.3, 0.4) is 0 Å². The molecule has 148 valence electrons. The Labute approximate surface area is 165 Å². The summed E-state index contributed by atoms with van der Waals surface area (Å²) in [5.74, 6) is 0.327. The van der Waals surface area contributed by atoms with Gasteiger partial charge in [-0.1, -0.05) is 17.7 Å². The van der Waals surface area contributed by atoms with E-state index in [0.717, 1.165) is 24.0 Å². The molecule has 0 atom stereocenters. The molecule has 1 fully saturated rings. The molecule has 1 amide bonds. The van der Waals surface area contributed by atoms with E-state index in [-0.39, 0.29) is 10.8 Å². The molecule has 28 heavy (non-hydrogen) atoms. The predicted octanol–water partition coefficient (Wildman–Crippen LogP) is 3.44.